The van der Waals surface area contributed by atoms with Crippen molar-refractivity contribution in [3.05, 3.63) is 42.2 Å². The summed E-state index contributed by atoms with van der Waals surface area (Å²) in [4.78, 5) is 14.9. The first-order valence-corrected chi connectivity index (χ1v) is 8.76. The lowest BCUT2D eigenvalue weighted by atomic mass is 10.2. The van der Waals surface area contributed by atoms with E-state index in [0.717, 1.165) is 41.2 Å². The van der Waals surface area contributed by atoms with Gasteiger partial charge in [0.1, 0.15) is 12.2 Å². The number of hydrogen-bond acceptors (Lipinski definition) is 3. The van der Waals surface area contributed by atoms with E-state index in [4.69, 9.17) is 0 Å². The predicted molar refractivity (Wildman–Crippen MR) is 100.0 cm³/mol. The SMILES string of the molecule is Cc1c(NC(=O)Cn2ccc3ccccc32)c(N2CCCC2)nn1C. The smallest absolute Gasteiger partial charge is 0.244 e. The van der Waals surface area contributed by atoms with Crippen LogP contribution in [-0.4, -0.2) is 33.3 Å². The third-order valence-corrected chi connectivity index (χ3v) is 4.98. The van der Waals surface area contributed by atoms with E-state index in [-0.39, 0.29) is 5.91 Å². The van der Waals surface area contributed by atoms with Crippen LogP contribution in [0.2, 0.25) is 0 Å². The molecule has 1 saturated heterocycles. The normalized spacial score (nSPS) is 14.4. The molecule has 3 heterocycles. The zero-order valence-corrected chi connectivity index (χ0v) is 14.7. The van der Waals surface area contributed by atoms with Crippen LogP contribution in [0.4, 0.5) is 11.5 Å². The number of hydrogen-bond donors (Lipinski definition) is 1. The number of carbonyl (C=O) groups is 1. The van der Waals surface area contributed by atoms with Crippen molar-refractivity contribution in [2.24, 2.45) is 7.05 Å². The van der Waals surface area contributed by atoms with E-state index in [1.807, 2.05) is 53.7 Å². The molecule has 1 aliphatic rings. The molecule has 0 spiro atoms. The molecule has 0 unspecified atom stereocenters. The van der Waals surface area contributed by atoms with E-state index in [2.05, 4.69) is 21.4 Å². The topological polar surface area (TPSA) is 55.1 Å². The molecule has 0 bridgehead atoms. The van der Waals surface area contributed by atoms with Gasteiger partial charge in [0.25, 0.3) is 0 Å². The number of anilines is 2. The molecule has 0 saturated carbocycles. The van der Waals surface area contributed by atoms with Gasteiger partial charge in [-0.1, -0.05) is 18.2 Å². The van der Waals surface area contributed by atoms with Gasteiger partial charge >= 0.3 is 0 Å². The summed E-state index contributed by atoms with van der Waals surface area (Å²) in [6, 6.07) is 10.1. The molecular weight excluding hydrogens is 314 g/mol. The molecule has 1 aromatic carbocycles. The van der Waals surface area contributed by atoms with Gasteiger partial charge in [0, 0.05) is 31.9 Å². The molecule has 1 fully saturated rings. The zero-order chi connectivity index (χ0) is 17.4. The number of carbonyl (C=O) groups excluding carboxylic acids is 1. The highest BCUT2D eigenvalue weighted by Crippen LogP contribution is 2.30. The molecule has 0 atom stereocenters. The second kappa shape index (κ2) is 6.27. The second-order valence-electron chi connectivity index (χ2n) is 6.65. The minimum atomic E-state index is -0.0297. The lowest BCUT2D eigenvalue weighted by Gasteiger charge is -2.17. The van der Waals surface area contributed by atoms with Crippen LogP contribution >= 0.6 is 0 Å². The summed E-state index contributed by atoms with van der Waals surface area (Å²) < 4.78 is 3.82. The van der Waals surface area contributed by atoms with Gasteiger partial charge < -0.3 is 14.8 Å². The van der Waals surface area contributed by atoms with Crippen molar-refractivity contribution < 1.29 is 4.79 Å². The van der Waals surface area contributed by atoms with Gasteiger partial charge in [0.2, 0.25) is 5.91 Å². The molecule has 6 heteroatoms. The molecule has 3 aromatic rings. The van der Waals surface area contributed by atoms with Gasteiger partial charge in [-0.15, -0.1) is 0 Å². The Morgan fingerprint density at radius 3 is 2.76 bits per heavy atom. The van der Waals surface area contributed by atoms with E-state index >= 15 is 0 Å². The van der Waals surface area contributed by atoms with Crippen molar-refractivity contribution >= 4 is 28.3 Å². The first-order valence-electron chi connectivity index (χ1n) is 8.76. The fourth-order valence-corrected chi connectivity index (χ4v) is 3.50. The Labute approximate surface area is 147 Å². The third kappa shape index (κ3) is 2.88. The lowest BCUT2D eigenvalue weighted by Crippen LogP contribution is -2.23. The lowest BCUT2D eigenvalue weighted by molar-refractivity contribution is -0.116. The minimum Gasteiger partial charge on any atom is -0.353 e. The second-order valence-corrected chi connectivity index (χ2v) is 6.65. The number of rotatable bonds is 4. The van der Waals surface area contributed by atoms with Crippen LogP contribution in [0.5, 0.6) is 0 Å². The van der Waals surface area contributed by atoms with E-state index < -0.39 is 0 Å². The molecular formula is C19H23N5O. The van der Waals surface area contributed by atoms with Crippen molar-refractivity contribution in [2.75, 3.05) is 23.3 Å². The van der Waals surface area contributed by atoms with Gasteiger partial charge in [0.05, 0.1) is 5.69 Å². The molecule has 4 rings (SSSR count). The molecule has 130 valence electrons. The maximum absolute atomic E-state index is 12.7. The Bertz CT molecular complexity index is 917. The van der Waals surface area contributed by atoms with Crippen molar-refractivity contribution in [3.63, 3.8) is 0 Å². The van der Waals surface area contributed by atoms with Gasteiger partial charge in [0.15, 0.2) is 5.82 Å². The Balaban J connectivity index is 1.56. The molecule has 0 radical (unpaired) electrons. The molecule has 1 N–H and O–H groups in total. The monoisotopic (exact) mass is 337 g/mol. The van der Waals surface area contributed by atoms with Crippen molar-refractivity contribution in [1.29, 1.82) is 0 Å². The predicted octanol–water partition coefficient (Wildman–Crippen LogP) is 2.92. The van der Waals surface area contributed by atoms with Crippen LogP contribution in [0, 0.1) is 6.92 Å². The average Bonchev–Trinajstić information content (AvgIpc) is 3.32. The largest absolute Gasteiger partial charge is 0.353 e. The van der Waals surface area contributed by atoms with Gasteiger partial charge in [-0.2, -0.15) is 5.10 Å². The molecule has 1 amide bonds. The number of amides is 1. The highest BCUT2D eigenvalue weighted by molar-refractivity contribution is 5.95. The number of para-hydroxylation sites is 1. The molecule has 25 heavy (non-hydrogen) atoms. The number of aryl methyl sites for hydroxylation is 1. The maximum Gasteiger partial charge on any atom is 0.244 e. The Morgan fingerprint density at radius 1 is 1.20 bits per heavy atom. The van der Waals surface area contributed by atoms with Crippen LogP contribution in [0.25, 0.3) is 10.9 Å². The van der Waals surface area contributed by atoms with Crippen LogP contribution in [0.3, 0.4) is 0 Å². The Morgan fingerprint density at radius 2 is 1.96 bits per heavy atom. The first kappa shape index (κ1) is 15.7. The molecule has 2 aromatic heterocycles. The Kier molecular flexibility index (Phi) is 3.95. The maximum atomic E-state index is 12.7. The van der Waals surface area contributed by atoms with Crippen molar-refractivity contribution in [3.8, 4) is 0 Å². The number of benzene rings is 1. The molecule has 0 aliphatic carbocycles. The van der Waals surface area contributed by atoms with Crippen LogP contribution in [0.1, 0.15) is 18.5 Å². The highest BCUT2D eigenvalue weighted by Gasteiger charge is 2.23. The van der Waals surface area contributed by atoms with E-state index in [1.54, 1.807) is 0 Å². The van der Waals surface area contributed by atoms with Crippen molar-refractivity contribution in [2.45, 2.75) is 26.3 Å². The van der Waals surface area contributed by atoms with Crippen LogP contribution in [0.15, 0.2) is 36.5 Å². The standard InChI is InChI=1S/C19H23N5O/c1-14-18(19(21-22(14)2)23-10-5-6-11-23)20-17(25)13-24-12-9-15-7-3-4-8-16(15)24/h3-4,7-9,12H,5-6,10-11,13H2,1-2H3,(H,20,25). The summed E-state index contributed by atoms with van der Waals surface area (Å²) in [5, 5.41) is 8.85. The fraction of sp³-hybridized carbons (Fsp3) is 0.368. The van der Waals surface area contributed by atoms with Crippen LogP contribution in [-0.2, 0) is 18.4 Å². The number of nitrogens with zero attached hydrogens (tertiary/aromatic N) is 4. The fourth-order valence-electron chi connectivity index (χ4n) is 3.50. The van der Waals surface area contributed by atoms with Crippen LogP contribution < -0.4 is 10.2 Å². The summed E-state index contributed by atoms with van der Waals surface area (Å²) in [6.07, 6.45) is 4.32. The number of fused-ring (bicyclic) bond motifs is 1. The summed E-state index contributed by atoms with van der Waals surface area (Å²) in [6.45, 7) is 4.29. The third-order valence-electron chi connectivity index (χ3n) is 4.98. The number of nitrogens with one attached hydrogen (secondary N) is 1. The van der Waals surface area contributed by atoms with Crippen molar-refractivity contribution in [1.82, 2.24) is 14.3 Å². The zero-order valence-electron chi connectivity index (χ0n) is 14.7. The van der Waals surface area contributed by atoms with E-state index in [9.17, 15) is 4.79 Å². The summed E-state index contributed by atoms with van der Waals surface area (Å²) in [7, 11) is 1.92. The van der Waals surface area contributed by atoms with E-state index in [0.29, 0.717) is 6.54 Å². The number of aromatic nitrogens is 3. The first-order chi connectivity index (χ1) is 12.1. The van der Waals surface area contributed by atoms with Gasteiger partial charge in [-0.05, 0) is 37.3 Å². The van der Waals surface area contributed by atoms with Gasteiger partial charge in [-0.25, -0.2) is 0 Å². The van der Waals surface area contributed by atoms with E-state index in [1.165, 1.54) is 12.8 Å². The molecule has 6 nitrogen and oxygen atoms in total. The quantitative estimate of drug-likeness (QED) is 0.796. The summed E-state index contributed by atoms with van der Waals surface area (Å²) in [5.74, 6) is 0.862. The minimum absolute atomic E-state index is 0.0297. The summed E-state index contributed by atoms with van der Waals surface area (Å²) >= 11 is 0. The average molecular weight is 337 g/mol. The Hall–Kier alpha value is -2.76. The summed E-state index contributed by atoms with van der Waals surface area (Å²) in [5.41, 5.74) is 2.89. The highest BCUT2D eigenvalue weighted by atomic mass is 16.2. The molecule has 1 aliphatic heterocycles. The van der Waals surface area contributed by atoms with Gasteiger partial charge in [-0.3, -0.25) is 9.48 Å².